The second kappa shape index (κ2) is 18.9. The first kappa shape index (κ1) is 40.9. The van der Waals surface area contributed by atoms with Crippen LogP contribution in [0.15, 0.2) is 103 Å². The van der Waals surface area contributed by atoms with Gasteiger partial charge in [-0.15, -0.1) is 0 Å². The van der Waals surface area contributed by atoms with Gasteiger partial charge < -0.3 is 23.4 Å². The largest absolute Gasteiger partial charge is 0.497 e. The molecular weight excluding hydrogens is 725 g/mol. The van der Waals surface area contributed by atoms with Crippen LogP contribution < -0.4 is 10.1 Å². The van der Waals surface area contributed by atoms with Crippen LogP contribution in [-0.2, 0) is 19.3 Å². The van der Waals surface area contributed by atoms with Gasteiger partial charge in [-0.25, -0.2) is 24.6 Å². The van der Waals surface area contributed by atoms with Gasteiger partial charge in [-0.1, -0.05) is 72.8 Å². The Morgan fingerprint density at radius 2 is 1.59 bits per heavy atom. The summed E-state index contributed by atoms with van der Waals surface area (Å²) in [6, 6.07) is 31.4. The van der Waals surface area contributed by atoms with E-state index in [2.05, 4.69) is 119 Å². The Labute approximate surface area is 331 Å². The van der Waals surface area contributed by atoms with Gasteiger partial charge in [-0.05, 0) is 56.5 Å². The fourth-order valence-electron chi connectivity index (χ4n) is 7.22. The molecule has 1 saturated heterocycles. The second-order valence-electron chi connectivity index (χ2n) is 14.4. The highest BCUT2D eigenvalue weighted by Gasteiger charge is 2.45. The van der Waals surface area contributed by atoms with Gasteiger partial charge in [0.2, 0.25) is 0 Å². The molecule has 1 N–H and O–H groups in total. The van der Waals surface area contributed by atoms with Crippen molar-refractivity contribution in [2.45, 2.75) is 76.5 Å². The molecule has 1 aliphatic heterocycles. The Bertz CT molecular complexity index is 2010. The highest BCUT2D eigenvalue weighted by Crippen LogP contribution is 2.48. The fourth-order valence-corrected chi connectivity index (χ4v) is 8.84. The number of benzene rings is 3. The Kier molecular flexibility index (Phi) is 13.8. The third kappa shape index (κ3) is 9.08. The first-order chi connectivity index (χ1) is 27.2. The van der Waals surface area contributed by atoms with Crippen molar-refractivity contribution in [2.75, 3.05) is 34.4 Å². The first-order valence-electron chi connectivity index (χ1n) is 18.9. The minimum atomic E-state index is -1.52. The molecule has 4 unspecified atom stereocenters. The summed E-state index contributed by atoms with van der Waals surface area (Å²) in [4.78, 5) is 20.2. The van der Waals surface area contributed by atoms with E-state index in [1.165, 1.54) is 6.33 Å². The Morgan fingerprint density at radius 1 is 0.946 bits per heavy atom. The summed E-state index contributed by atoms with van der Waals surface area (Å²) in [5, 5.41) is 13.5. The minimum absolute atomic E-state index is 0.148. The van der Waals surface area contributed by atoms with Crippen LogP contribution in [0, 0.1) is 11.3 Å². The zero-order valence-electron chi connectivity index (χ0n) is 33.2. The average Bonchev–Trinajstić information content (AvgIpc) is 3.82. The molecular formula is C42H52N9O4P. The van der Waals surface area contributed by atoms with Crippen LogP contribution in [0.2, 0.25) is 0 Å². The van der Waals surface area contributed by atoms with Gasteiger partial charge in [-0.3, -0.25) is 9.88 Å². The van der Waals surface area contributed by atoms with Crippen molar-refractivity contribution in [3.05, 3.63) is 114 Å². The van der Waals surface area contributed by atoms with Gasteiger partial charge >= 0.3 is 0 Å². The summed E-state index contributed by atoms with van der Waals surface area (Å²) >= 11 is 0. The normalized spacial score (nSPS) is 18.0. The number of methoxy groups -OCH3 is 1. The number of hydrogen-bond donors (Lipinski definition) is 1. The van der Waals surface area contributed by atoms with E-state index in [0.29, 0.717) is 23.4 Å². The standard InChI is InChI=1S/C42H52N9O4P/c1-30(2)51(31(3)4)56(53-24-14-23-43)54-26-37-36(25-38(55-37)50-29-46-39-40(47-28-49(5)6)44-27-45-41(39)50)48-42(32-15-10-8-11-16-32,33-17-12-9-13-18-33)34-19-21-35(52-7)22-20-34/h8-13,15-22,27-31,36-38,48H,14,24-26H2,1-7H3. The molecule has 2 aromatic heterocycles. The quantitative estimate of drug-likeness (QED) is 0.0310. The van der Waals surface area contributed by atoms with Gasteiger partial charge in [0, 0.05) is 38.6 Å². The molecule has 5 aromatic rings. The number of rotatable bonds is 18. The monoisotopic (exact) mass is 777 g/mol. The summed E-state index contributed by atoms with van der Waals surface area (Å²) < 4.78 is 29.9. The Balaban J connectivity index is 1.45. The van der Waals surface area contributed by atoms with E-state index in [1.807, 2.05) is 47.8 Å². The Hall–Kier alpha value is -4.80. The maximum atomic E-state index is 9.32. The third-order valence-corrected chi connectivity index (χ3v) is 11.7. The lowest BCUT2D eigenvalue weighted by Crippen LogP contribution is -2.53. The van der Waals surface area contributed by atoms with Crippen molar-refractivity contribution in [1.82, 2.24) is 34.4 Å². The molecule has 0 amide bonds. The van der Waals surface area contributed by atoms with E-state index in [1.54, 1.807) is 19.8 Å². The first-order valence-corrected chi connectivity index (χ1v) is 20.1. The van der Waals surface area contributed by atoms with E-state index in [9.17, 15) is 5.26 Å². The molecule has 56 heavy (non-hydrogen) atoms. The molecule has 6 rings (SSSR count). The Morgan fingerprint density at radius 3 is 2.18 bits per heavy atom. The zero-order chi connectivity index (χ0) is 39.7. The van der Waals surface area contributed by atoms with E-state index in [4.69, 9.17) is 23.5 Å². The molecule has 3 heterocycles. The van der Waals surface area contributed by atoms with Crippen LogP contribution in [0.3, 0.4) is 0 Å². The summed E-state index contributed by atoms with van der Waals surface area (Å²) in [5.74, 6) is 1.25. The molecule has 0 aliphatic carbocycles. The lowest BCUT2D eigenvalue weighted by molar-refractivity contribution is -0.0242. The van der Waals surface area contributed by atoms with Crippen molar-refractivity contribution in [2.24, 2.45) is 4.99 Å². The summed E-state index contributed by atoms with van der Waals surface area (Å²) in [7, 11) is 3.96. The van der Waals surface area contributed by atoms with Gasteiger partial charge in [0.1, 0.15) is 18.3 Å². The molecule has 0 spiro atoms. The van der Waals surface area contributed by atoms with Crippen LogP contribution in [0.1, 0.15) is 63.5 Å². The lowest BCUT2D eigenvalue weighted by Gasteiger charge is -2.41. The van der Waals surface area contributed by atoms with Crippen molar-refractivity contribution in [3.63, 3.8) is 0 Å². The van der Waals surface area contributed by atoms with Gasteiger partial charge in [0.05, 0.1) is 57.1 Å². The third-order valence-electron chi connectivity index (χ3n) is 9.65. The molecule has 4 atom stereocenters. The van der Waals surface area contributed by atoms with Crippen LogP contribution in [-0.4, -0.2) is 94.1 Å². The molecule has 0 radical (unpaired) electrons. The molecule has 0 bridgehead atoms. The topological polar surface area (TPSA) is 135 Å². The van der Waals surface area contributed by atoms with E-state index < -0.39 is 26.4 Å². The van der Waals surface area contributed by atoms with E-state index in [-0.39, 0.29) is 37.8 Å². The summed E-state index contributed by atoms with van der Waals surface area (Å²) in [5.41, 5.74) is 3.57. The van der Waals surface area contributed by atoms with Crippen molar-refractivity contribution >= 4 is 31.8 Å². The number of imidazole rings is 1. The number of fused-ring (bicyclic) bond motifs is 1. The summed E-state index contributed by atoms with van der Waals surface area (Å²) in [6.45, 7) is 9.02. The number of nitrogens with one attached hydrogen (secondary N) is 1. The molecule has 13 nitrogen and oxygen atoms in total. The molecule has 3 aromatic carbocycles. The average molecular weight is 778 g/mol. The van der Waals surface area contributed by atoms with E-state index >= 15 is 0 Å². The predicted molar refractivity (Wildman–Crippen MR) is 220 cm³/mol. The zero-order valence-corrected chi connectivity index (χ0v) is 34.1. The smallest absolute Gasteiger partial charge is 0.259 e. The minimum Gasteiger partial charge on any atom is -0.497 e. The number of aliphatic imine (C=N–C) groups is 1. The maximum Gasteiger partial charge on any atom is 0.259 e. The number of aromatic nitrogens is 4. The van der Waals surface area contributed by atoms with Crippen LogP contribution in [0.4, 0.5) is 5.82 Å². The van der Waals surface area contributed by atoms with Crippen LogP contribution in [0.25, 0.3) is 11.2 Å². The predicted octanol–water partition coefficient (Wildman–Crippen LogP) is 7.59. The number of hydrogen-bond acceptors (Lipinski definition) is 11. The molecule has 14 heteroatoms. The lowest BCUT2D eigenvalue weighted by atomic mass is 9.76. The van der Waals surface area contributed by atoms with Crippen molar-refractivity contribution in [3.8, 4) is 11.8 Å². The van der Waals surface area contributed by atoms with Crippen LogP contribution >= 0.6 is 8.53 Å². The highest BCUT2D eigenvalue weighted by molar-refractivity contribution is 7.44. The van der Waals surface area contributed by atoms with Crippen molar-refractivity contribution in [1.29, 1.82) is 5.26 Å². The molecule has 294 valence electrons. The summed E-state index contributed by atoms with van der Waals surface area (Å²) in [6.07, 6.45) is 4.88. The van der Waals surface area contributed by atoms with Gasteiger partial charge in [0.15, 0.2) is 17.0 Å². The number of nitriles is 1. The molecule has 1 aliphatic rings. The number of nitrogens with zero attached hydrogens (tertiary/aromatic N) is 8. The van der Waals surface area contributed by atoms with Gasteiger partial charge in [-0.2, -0.15) is 5.26 Å². The molecule has 1 fully saturated rings. The number of ether oxygens (including phenoxy) is 2. The molecule has 0 saturated carbocycles. The van der Waals surface area contributed by atoms with Crippen LogP contribution in [0.5, 0.6) is 5.75 Å². The SMILES string of the molecule is COc1ccc(C(NC2CC(n3cnc4c(N=CN(C)C)ncnc43)OC2COP(OCCC#N)N(C(C)C)C(C)C)(c2ccccc2)c2ccccc2)cc1. The van der Waals surface area contributed by atoms with E-state index in [0.717, 1.165) is 22.4 Å². The van der Waals surface area contributed by atoms with Gasteiger partial charge in [0.25, 0.3) is 8.53 Å². The maximum absolute atomic E-state index is 9.32. The highest BCUT2D eigenvalue weighted by atomic mass is 31.2. The van der Waals surface area contributed by atoms with Crippen molar-refractivity contribution < 1.29 is 18.5 Å². The fraction of sp³-hybridized carbons (Fsp3) is 0.405. The second-order valence-corrected chi connectivity index (χ2v) is 15.9.